The monoisotopic (exact) mass is 592 g/mol. The van der Waals surface area contributed by atoms with Crippen LogP contribution in [0.25, 0.3) is 10.9 Å². The normalized spacial score (nSPS) is 12.9. The number of nitrogens with one attached hydrogen (secondary N) is 2. The number of anilines is 1. The molecule has 3 N–H and O–H groups in total. The van der Waals surface area contributed by atoms with Crippen molar-refractivity contribution in [2.45, 2.75) is 49.9 Å². The number of hydrogen-bond acceptors (Lipinski definition) is 9. The topological polar surface area (TPSA) is 132 Å². The van der Waals surface area contributed by atoms with Gasteiger partial charge >= 0.3 is 5.97 Å². The summed E-state index contributed by atoms with van der Waals surface area (Å²) in [5, 5.41) is 18.6. The highest BCUT2D eigenvalue weighted by Gasteiger charge is 2.30. The molecule has 0 aliphatic heterocycles. The number of hydrogen-bond donors (Lipinski definition) is 3. The van der Waals surface area contributed by atoms with E-state index in [1.807, 2.05) is 36.4 Å². The summed E-state index contributed by atoms with van der Waals surface area (Å²) >= 11 is 6.90. The Morgan fingerprint density at radius 1 is 1.18 bits per heavy atom. The number of aliphatic hydroxyl groups excluding tert-OH is 1. The van der Waals surface area contributed by atoms with Gasteiger partial charge in [-0.05, 0) is 49.2 Å². The lowest BCUT2D eigenvalue weighted by atomic mass is 10.1. The van der Waals surface area contributed by atoms with Crippen LogP contribution in [0.1, 0.15) is 31.9 Å². The average Bonchev–Trinajstić information content (AvgIpc) is 3.46. The third-order valence-electron chi connectivity index (χ3n) is 5.89. The van der Waals surface area contributed by atoms with E-state index in [0.29, 0.717) is 34.1 Å². The zero-order valence-electron chi connectivity index (χ0n) is 21.8. The number of ether oxygens (including phenoxy) is 2. The second kappa shape index (κ2) is 11.5. The van der Waals surface area contributed by atoms with Gasteiger partial charge in [-0.3, -0.25) is 19.5 Å². The van der Waals surface area contributed by atoms with Crippen LogP contribution < -0.4 is 14.8 Å². The van der Waals surface area contributed by atoms with E-state index in [9.17, 15) is 18.3 Å². The summed E-state index contributed by atoms with van der Waals surface area (Å²) in [6.07, 6.45) is -1.08. The number of benzene rings is 2. The molecule has 0 saturated heterocycles. The maximum absolute atomic E-state index is 13.0. The maximum Gasteiger partial charge on any atom is 0.303 e. The predicted molar refractivity (Wildman–Crippen MR) is 151 cm³/mol. The summed E-state index contributed by atoms with van der Waals surface area (Å²) in [7, 11) is -2.41. The molecule has 1 atom stereocenters. The van der Waals surface area contributed by atoms with Crippen molar-refractivity contribution in [3.8, 4) is 5.75 Å². The SMILES string of the molecule is COc1cccc2c1c(NS(=O)(=O)c1ccc(Cl)s1)nn2Cc1cccc(CNC(O)C(C)(C)OC(C)=O)c1. The molecule has 208 valence electrons. The number of fused-ring (bicyclic) bond motifs is 1. The van der Waals surface area contributed by atoms with E-state index in [-0.39, 0.29) is 10.0 Å². The second-order valence-electron chi connectivity index (χ2n) is 9.33. The van der Waals surface area contributed by atoms with Gasteiger partial charge in [-0.2, -0.15) is 5.10 Å². The van der Waals surface area contributed by atoms with Crippen molar-refractivity contribution in [3.63, 3.8) is 0 Å². The minimum absolute atomic E-state index is 0.0735. The molecule has 0 bridgehead atoms. The van der Waals surface area contributed by atoms with Crippen molar-refractivity contribution >= 4 is 55.7 Å². The minimum Gasteiger partial charge on any atom is -0.496 e. The Morgan fingerprint density at radius 3 is 2.56 bits per heavy atom. The second-order valence-corrected chi connectivity index (χ2v) is 12.9. The standard InChI is InChI=1S/C26H29ClN4O6S2/c1-16(32)37-26(2,3)25(33)28-14-17-7-5-8-18(13-17)15-31-19-9-6-10-20(36-4)23(19)24(29-31)30-39(34,35)22-12-11-21(27)38-22/h5-13,25,28,33H,14-15H2,1-4H3,(H,29,30). The lowest BCUT2D eigenvalue weighted by molar-refractivity contribution is -0.167. The number of esters is 1. The average molecular weight is 593 g/mol. The largest absolute Gasteiger partial charge is 0.496 e. The smallest absolute Gasteiger partial charge is 0.303 e. The number of aliphatic hydroxyl groups is 1. The molecule has 0 spiro atoms. The van der Waals surface area contributed by atoms with Crippen LogP contribution >= 0.6 is 22.9 Å². The van der Waals surface area contributed by atoms with Gasteiger partial charge in [0, 0.05) is 13.5 Å². The van der Waals surface area contributed by atoms with Gasteiger partial charge in [-0.15, -0.1) is 11.3 Å². The van der Waals surface area contributed by atoms with Crippen molar-refractivity contribution in [1.82, 2.24) is 15.1 Å². The molecule has 2 aromatic heterocycles. The van der Waals surface area contributed by atoms with E-state index in [1.165, 1.54) is 26.2 Å². The highest BCUT2D eigenvalue weighted by Crippen LogP contribution is 2.35. The van der Waals surface area contributed by atoms with E-state index in [2.05, 4.69) is 15.1 Å². The number of nitrogens with zero attached hydrogens (tertiary/aromatic N) is 2. The number of rotatable bonds is 11. The Morgan fingerprint density at radius 2 is 1.90 bits per heavy atom. The number of carbonyl (C=O) groups is 1. The first-order valence-electron chi connectivity index (χ1n) is 11.9. The number of carbonyl (C=O) groups excluding carboxylic acids is 1. The lowest BCUT2D eigenvalue weighted by Crippen LogP contribution is -2.49. The van der Waals surface area contributed by atoms with E-state index < -0.39 is 27.8 Å². The van der Waals surface area contributed by atoms with Crippen molar-refractivity contribution in [1.29, 1.82) is 0 Å². The highest BCUT2D eigenvalue weighted by atomic mass is 35.5. The van der Waals surface area contributed by atoms with Gasteiger partial charge in [-0.1, -0.05) is 41.9 Å². The van der Waals surface area contributed by atoms with Gasteiger partial charge in [0.15, 0.2) is 5.82 Å². The molecule has 39 heavy (non-hydrogen) atoms. The summed E-state index contributed by atoms with van der Waals surface area (Å²) in [6, 6.07) is 16.0. The van der Waals surface area contributed by atoms with Gasteiger partial charge in [0.05, 0.1) is 28.9 Å². The van der Waals surface area contributed by atoms with Crippen molar-refractivity contribution < 1.29 is 27.8 Å². The Balaban J connectivity index is 1.59. The minimum atomic E-state index is -3.92. The van der Waals surface area contributed by atoms with E-state index in [4.69, 9.17) is 21.1 Å². The van der Waals surface area contributed by atoms with Crippen LogP contribution in [0.15, 0.2) is 58.8 Å². The van der Waals surface area contributed by atoms with Gasteiger partial charge in [0.1, 0.15) is 21.8 Å². The molecular formula is C26H29ClN4O6S2. The molecule has 4 rings (SSSR count). The zero-order chi connectivity index (χ0) is 28.4. The number of sulfonamides is 1. The van der Waals surface area contributed by atoms with Gasteiger partial charge in [0.2, 0.25) is 0 Å². The zero-order valence-corrected chi connectivity index (χ0v) is 24.2. The molecule has 2 aromatic carbocycles. The molecule has 4 aromatic rings. The first-order chi connectivity index (χ1) is 18.4. The molecule has 0 fully saturated rings. The molecule has 0 saturated carbocycles. The molecule has 2 heterocycles. The first kappa shape index (κ1) is 28.8. The van der Waals surface area contributed by atoms with Crippen molar-refractivity contribution in [2.24, 2.45) is 0 Å². The lowest BCUT2D eigenvalue weighted by Gasteiger charge is -2.30. The Kier molecular flexibility index (Phi) is 8.52. The van der Waals surface area contributed by atoms with Crippen LogP contribution in [0.2, 0.25) is 4.34 Å². The van der Waals surface area contributed by atoms with Crippen LogP contribution in [0.3, 0.4) is 0 Å². The number of thiophene rings is 1. The Hall–Kier alpha value is -3.16. The van der Waals surface area contributed by atoms with Crippen molar-refractivity contribution in [2.75, 3.05) is 11.8 Å². The van der Waals surface area contributed by atoms with Crippen LogP contribution in [0, 0.1) is 0 Å². The summed E-state index contributed by atoms with van der Waals surface area (Å²) in [4.78, 5) is 11.3. The molecule has 0 aliphatic carbocycles. The number of halogens is 1. The molecule has 0 radical (unpaired) electrons. The van der Waals surface area contributed by atoms with Gasteiger partial charge in [0.25, 0.3) is 10.0 Å². The third-order valence-corrected chi connectivity index (χ3v) is 8.95. The van der Waals surface area contributed by atoms with Crippen LogP contribution in [0.5, 0.6) is 5.75 Å². The molecule has 10 nitrogen and oxygen atoms in total. The fraction of sp³-hybridized carbons (Fsp3) is 0.308. The van der Waals surface area contributed by atoms with Crippen LogP contribution in [0.4, 0.5) is 5.82 Å². The molecular weight excluding hydrogens is 564 g/mol. The van der Waals surface area contributed by atoms with E-state index in [0.717, 1.165) is 22.5 Å². The molecule has 13 heteroatoms. The van der Waals surface area contributed by atoms with Crippen molar-refractivity contribution in [3.05, 3.63) is 70.1 Å². The predicted octanol–water partition coefficient (Wildman–Crippen LogP) is 4.36. The first-order valence-corrected chi connectivity index (χ1v) is 14.6. The summed E-state index contributed by atoms with van der Waals surface area (Å²) in [5.41, 5.74) is 1.36. The molecule has 1 unspecified atom stereocenters. The fourth-order valence-corrected chi connectivity index (χ4v) is 6.57. The summed E-state index contributed by atoms with van der Waals surface area (Å²) in [5.74, 6) is 0.135. The Bertz CT molecular complexity index is 1600. The number of methoxy groups -OCH3 is 1. The molecule has 0 amide bonds. The van der Waals surface area contributed by atoms with Gasteiger partial charge < -0.3 is 14.6 Å². The number of aromatic nitrogens is 2. The van der Waals surface area contributed by atoms with Crippen LogP contribution in [-0.4, -0.2) is 48.2 Å². The quantitative estimate of drug-likeness (QED) is 0.173. The highest BCUT2D eigenvalue weighted by molar-refractivity contribution is 7.94. The summed E-state index contributed by atoms with van der Waals surface area (Å²) in [6.45, 7) is 5.20. The van der Waals surface area contributed by atoms with E-state index in [1.54, 1.807) is 24.6 Å². The third kappa shape index (κ3) is 6.71. The fourth-order valence-electron chi connectivity index (χ4n) is 4.08. The maximum atomic E-state index is 13.0. The van der Waals surface area contributed by atoms with E-state index >= 15 is 0 Å². The van der Waals surface area contributed by atoms with Gasteiger partial charge in [-0.25, -0.2) is 8.42 Å². The van der Waals surface area contributed by atoms with Crippen LogP contribution in [-0.2, 0) is 32.6 Å². The Labute approximate surface area is 235 Å². The molecule has 0 aliphatic rings. The summed E-state index contributed by atoms with van der Waals surface area (Å²) < 4.78 is 41.5.